The molecule has 1 atom stereocenters. The molecule has 3 aliphatic heterocycles. The number of hydrogen-bond donors (Lipinski definition) is 1. The minimum Gasteiger partial charge on any atom is -0.460 e. The van der Waals surface area contributed by atoms with Gasteiger partial charge in [0, 0.05) is 13.2 Å². The standard InChI is InChI=1S/C23H33NO3/c25-15-5-7-18-6-4-8-20(16-18)23(11-2-1-3-12-23)22(26)27-21-17-24-13-9-19(21)10-14-24/h4,6,8,16,19,21,25H,1-3,5,7,9-15,17H2/t21-/m0/s1. The molecule has 4 nitrogen and oxygen atoms in total. The molecule has 1 aromatic rings. The molecule has 0 unspecified atom stereocenters. The van der Waals surface area contributed by atoms with Gasteiger partial charge in [0.25, 0.3) is 0 Å². The Morgan fingerprint density at radius 1 is 1.19 bits per heavy atom. The van der Waals surface area contributed by atoms with Crippen molar-refractivity contribution < 1.29 is 14.6 Å². The van der Waals surface area contributed by atoms with Crippen LogP contribution < -0.4 is 0 Å². The number of nitrogens with zero attached hydrogens (tertiary/aromatic N) is 1. The smallest absolute Gasteiger partial charge is 0.316 e. The Bertz CT molecular complexity index is 645. The maximum Gasteiger partial charge on any atom is 0.316 e. The summed E-state index contributed by atoms with van der Waals surface area (Å²) in [7, 11) is 0. The first-order chi connectivity index (χ1) is 13.2. The summed E-state index contributed by atoms with van der Waals surface area (Å²) in [6.45, 7) is 3.45. The van der Waals surface area contributed by atoms with Crippen LogP contribution >= 0.6 is 0 Å². The van der Waals surface area contributed by atoms with E-state index in [-0.39, 0.29) is 18.7 Å². The van der Waals surface area contributed by atoms with Gasteiger partial charge in [-0.3, -0.25) is 9.69 Å². The zero-order chi connectivity index (χ0) is 18.7. The molecule has 0 spiro atoms. The number of aliphatic hydroxyl groups excluding tert-OH is 1. The zero-order valence-corrected chi connectivity index (χ0v) is 16.4. The van der Waals surface area contributed by atoms with Gasteiger partial charge in [0.1, 0.15) is 6.10 Å². The van der Waals surface area contributed by atoms with Crippen molar-refractivity contribution in [2.45, 2.75) is 69.3 Å². The lowest BCUT2D eigenvalue weighted by Gasteiger charge is -2.45. The second kappa shape index (κ2) is 8.32. The number of fused-ring (bicyclic) bond motifs is 3. The minimum atomic E-state index is -0.473. The van der Waals surface area contributed by atoms with Gasteiger partial charge in [0.05, 0.1) is 5.41 Å². The highest BCUT2D eigenvalue weighted by Crippen LogP contribution is 2.42. The van der Waals surface area contributed by atoms with Crippen LogP contribution in [0.5, 0.6) is 0 Å². The van der Waals surface area contributed by atoms with E-state index in [0.717, 1.165) is 63.7 Å². The summed E-state index contributed by atoms with van der Waals surface area (Å²) in [6.07, 6.45) is 9.23. The van der Waals surface area contributed by atoms with Gasteiger partial charge < -0.3 is 9.84 Å². The van der Waals surface area contributed by atoms with Gasteiger partial charge in [0.2, 0.25) is 0 Å². The summed E-state index contributed by atoms with van der Waals surface area (Å²) in [5, 5.41) is 9.14. The van der Waals surface area contributed by atoms with Crippen LogP contribution in [0.2, 0.25) is 0 Å². The van der Waals surface area contributed by atoms with E-state index in [2.05, 4.69) is 29.2 Å². The Morgan fingerprint density at radius 3 is 2.63 bits per heavy atom. The Labute approximate surface area is 162 Å². The Balaban J connectivity index is 1.55. The van der Waals surface area contributed by atoms with Crippen LogP contribution in [0, 0.1) is 5.92 Å². The van der Waals surface area contributed by atoms with E-state index < -0.39 is 5.41 Å². The lowest BCUT2D eigenvalue weighted by molar-refractivity contribution is -0.167. The summed E-state index contributed by atoms with van der Waals surface area (Å²) in [4.78, 5) is 16.0. The van der Waals surface area contributed by atoms with Gasteiger partial charge >= 0.3 is 5.97 Å². The molecular weight excluding hydrogens is 338 g/mol. The molecule has 0 radical (unpaired) electrons. The largest absolute Gasteiger partial charge is 0.460 e. The van der Waals surface area contributed by atoms with Crippen LogP contribution in [0.25, 0.3) is 0 Å². The summed E-state index contributed by atoms with van der Waals surface area (Å²) in [5.74, 6) is 0.565. The first-order valence-electron chi connectivity index (χ1n) is 10.8. The normalized spacial score (nSPS) is 29.4. The van der Waals surface area contributed by atoms with E-state index in [1.54, 1.807) is 0 Å². The number of ether oxygens (including phenoxy) is 1. The number of piperidine rings is 3. The summed E-state index contributed by atoms with van der Waals surface area (Å²) < 4.78 is 6.22. The van der Waals surface area contributed by atoms with Crippen molar-refractivity contribution in [3.05, 3.63) is 35.4 Å². The van der Waals surface area contributed by atoms with Gasteiger partial charge in [-0.15, -0.1) is 0 Å². The van der Waals surface area contributed by atoms with E-state index >= 15 is 0 Å². The van der Waals surface area contributed by atoms with E-state index in [9.17, 15) is 4.79 Å². The van der Waals surface area contributed by atoms with Crippen molar-refractivity contribution in [1.29, 1.82) is 0 Å². The second-order valence-corrected chi connectivity index (χ2v) is 8.75. The summed E-state index contributed by atoms with van der Waals surface area (Å²) >= 11 is 0. The van der Waals surface area contributed by atoms with E-state index in [1.165, 1.54) is 24.8 Å². The number of aliphatic hydroxyl groups is 1. The SMILES string of the molecule is O=C(O[C@H]1CN2CCC1CC2)C1(c2cccc(CCCO)c2)CCCCC1. The number of esters is 1. The molecule has 27 heavy (non-hydrogen) atoms. The topological polar surface area (TPSA) is 49.8 Å². The van der Waals surface area contributed by atoms with Gasteiger partial charge in [-0.1, -0.05) is 43.5 Å². The van der Waals surface area contributed by atoms with Crippen LogP contribution in [-0.2, 0) is 21.4 Å². The van der Waals surface area contributed by atoms with Crippen molar-refractivity contribution in [1.82, 2.24) is 4.90 Å². The molecule has 1 N–H and O–H groups in total. The van der Waals surface area contributed by atoms with Gasteiger partial charge in [-0.05, 0) is 68.7 Å². The second-order valence-electron chi connectivity index (χ2n) is 8.75. The number of rotatable bonds is 6. The molecule has 4 heteroatoms. The minimum absolute atomic E-state index is 0.0141. The van der Waals surface area contributed by atoms with Crippen LogP contribution in [0.1, 0.15) is 62.5 Å². The molecule has 0 aromatic heterocycles. The van der Waals surface area contributed by atoms with Crippen molar-refractivity contribution in [2.75, 3.05) is 26.2 Å². The summed E-state index contributed by atoms with van der Waals surface area (Å²) in [6, 6.07) is 8.48. The number of carbonyl (C=O) groups excluding carboxylic acids is 1. The fourth-order valence-corrected chi connectivity index (χ4v) is 5.37. The summed E-state index contributed by atoms with van der Waals surface area (Å²) in [5.41, 5.74) is 1.87. The Morgan fingerprint density at radius 2 is 1.96 bits per heavy atom. The van der Waals surface area contributed by atoms with Gasteiger partial charge in [0.15, 0.2) is 0 Å². The van der Waals surface area contributed by atoms with Gasteiger partial charge in [-0.2, -0.15) is 0 Å². The monoisotopic (exact) mass is 371 g/mol. The molecule has 0 amide bonds. The first kappa shape index (κ1) is 18.9. The van der Waals surface area contributed by atoms with Crippen molar-refractivity contribution in [2.24, 2.45) is 5.92 Å². The van der Waals surface area contributed by atoms with E-state index in [4.69, 9.17) is 9.84 Å². The average molecular weight is 372 g/mol. The maximum atomic E-state index is 13.5. The third kappa shape index (κ3) is 3.93. The predicted octanol–water partition coefficient (Wildman–Crippen LogP) is 3.45. The number of carbonyl (C=O) groups is 1. The molecule has 4 aliphatic rings. The molecule has 3 saturated heterocycles. The van der Waals surface area contributed by atoms with Crippen LogP contribution in [-0.4, -0.2) is 48.3 Å². The van der Waals surface area contributed by atoms with E-state index in [1.807, 2.05) is 0 Å². The Kier molecular flexibility index (Phi) is 5.84. The van der Waals surface area contributed by atoms with Gasteiger partial charge in [-0.25, -0.2) is 0 Å². The highest BCUT2D eigenvalue weighted by Gasteiger charge is 2.45. The molecular formula is C23H33NO3. The number of hydrogen-bond acceptors (Lipinski definition) is 4. The quantitative estimate of drug-likeness (QED) is 0.778. The fourth-order valence-electron chi connectivity index (χ4n) is 5.37. The Hall–Kier alpha value is -1.39. The molecule has 3 heterocycles. The lowest BCUT2D eigenvalue weighted by Crippen LogP contribution is -2.53. The van der Waals surface area contributed by atoms with Crippen LogP contribution in [0.3, 0.4) is 0 Å². The number of benzene rings is 1. The van der Waals surface area contributed by atoms with Crippen LogP contribution in [0.15, 0.2) is 24.3 Å². The average Bonchev–Trinajstić information content (AvgIpc) is 2.74. The molecule has 148 valence electrons. The molecule has 1 saturated carbocycles. The first-order valence-corrected chi connectivity index (χ1v) is 10.8. The highest BCUT2D eigenvalue weighted by atomic mass is 16.5. The number of aryl methyl sites for hydroxylation is 1. The fraction of sp³-hybridized carbons (Fsp3) is 0.696. The maximum absolute atomic E-state index is 13.5. The third-order valence-electron chi connectivity index (χ3n) is 7.06. The van der Waals surface area contributed by atoms with Crippen molar-refractivity contribution in [3.63, 3.8) is 0 Å². The molecule has 1 aromatic carbocycles. The highest BCUT2D eigenvalue weighted by molar-refractivity contribution is 5.83. The van der Waals surface area contributed by atoms with Crippen LogP contribution in [0.4, 0.5) is 0 Å². The van der Waals surface area contributed by atoms with Crippen molar-refractivity contribution >= 4 is 5.97 Å². The molecule has 4 fully saturated rings. The van der Waals surface area contributed by atoms with E-state index in [0.29, 0.717) is 5.92 Å². The molecule has 1 aliphatic carbocycles. The van der Waals surface area contributed by atoms with Crippen molar-refractivity contribution in [3.8, 4) is 0 Å². The zero-order valence-electron chi connectivity index (χ0n) is 16.4. The molecule has 2 bridgehead atoms. The lowest BCUT2D eigenvalue weighted by atomic mass is 9.69. The molecule has 5 rings (SSSR count). The predicted molar refractivity (Wildman–Crippen MR) is 106 cm³/mol. The third-order valence-corrected chi connectivity index (χ3v) is 7.06.